The van der Waals surface area contributed by atoms with Gasteiger partial charge in [0.15, 0.2) is 5.13 Å². The molecule has 0 spiro atoms. The van der Waals surface area contributed by atoms with Gasteiger partial charge < -0.3 is 10.3 Å². The molecule has 0 atom stereocenters. The first-order valence-electron chi connectivity index (χ1n) is 8.99. The number of hydrogen-bond donors (Lipinski definition) is 2. The molecule has 0 bridgehead atoms. The van der Waals surface area contributed by atoms with Gasteiger partial charge in [-0.3, -0.25) is 9.59 Å². The molecular formula is C21H19ClN4O2S. The van der Waals surface area contributed by atoms with Gasteiger partial charge in [-0.15, -0.1) is 11.3 Å². The second kappa shape index (κ2) is 9.03. The van der Waals surface area contributed by atoms with E-state index >= 15 is 0 Å². The summed E-state index contributed by atoms with van der Waals surface area (Å²) in [6.45, 7) is 3.50. The zero-order valence-electron chi connectivity index (χ0n) is 16.0. The summed E-state index contributed by atoms with van der Waals surface area (Å²) >= 11 is 7.60. The van der Waals surface area contributed by atoms with Crippen molar-refractivity contribution >= 4 is 34.0 Å². The molecule has 29 heavy (non-hydrogen) atoms. The first kappa shape index (κ1) is 20.8. The van der Waals surface area contributed by atoms with E-state index in [4.69, 9.17) is 16.9 Å². The molecule has 148 valence electrons. The second-order valence-electron chi connectivity index (χ2n) is 6.62. The molecule has 2 N–H and O–H groups in total. The number of carbonyl (C=O) groups excluding carboxylic acids is 1. The van der Waals surface area contributed by atoms with Gasteiger partial charge in [0.1, 0.15) is 11.6 Å². The van der Waals surface area contributed by atoms with Crippen molar-refractivity contribution in [2.45, 2.75) is 33.1 Å². The van der Waals surface area contributed by atoms with Gasteiger partial charge in [0.05, 0.1) is 0 Å². The summed E-state index contributed by atoms with van der Waals surface area (Å²) in [7, 11) is 0. The Morgan fingerprint density at radius 1 is 1.34 bits per heavy atom. The van der Waals surface area contributed by atoms with Crippen molar-refractivity contribution in [1.29, 1.82) is 5.26 Å². The van der Waals surface area contributed by atoms with Gasteiger partial charge in [0.2, 0.25) is 5.91 Å². The SMILES string of the molecule is Cc1[nH]c(=O)c(C#N)c(C)c1CCC(=O)Nc1ncc(Cc2ccccc2Cl)s1. The maximum Gasteiger partial charge on any atom is 0.266 e. The lowest BCUT2D eigenvalue weighted by Gasteiger charge is -2.10. The quantitative estimate of drug-likeness (QED) is 0.618. The number of hydrogen-bond acceptors (Lipinski definition) is 5. The van der Waals surface area contributed by atoms with E-state index in [1.54, 1.807) is 20.0 Å². The molecule has 2 heterocycles. The fourth-order valence-electron chi connectivity index (χ4n) is 3.12. The Balaban J connectivity index is 1.63. The Morgan fingerprint density at radius 3 is 2.83 bits per heavy atom. The highest BCUT2D eigenvalue weighted by Crippen LogP contribution is 2.25. The van der Waals surface area contributed by atoms with Crippen molar-refractivity contribution < 1.29 is 4.79 Å². The molecule has 1 amide bonds. The number of amides is 1. The Hall–Kier alpha value is -2.95. The maximum atomic E-state index is 12.3. The van der Waals surface area contributed by atoms with Gasteiger partial charge in [-0.1, -0.05) is 29.8 Å². The number of aromatic amines is 1. The van der Waals surface area contributed by atoms with Crippen molar-refractivity contribution in [1.82, 2.24) is 9.97 Å². The first-order valence-corrected chi connectivity index (χ1v) is 10.2. The van der Waals surface area contributed by atoms with Gasteiger partial charge in [0.25, 0.3) is 5.56 Å². The number of nitriles is 1. The van der Waals surface area contributed by atoms with E-state index in [1.165, 1.54) is 11.3 Å². The topological polar surface area (TPSA) is 98.6 Å². The molecule has 0 radical (unpaired) electrons. The summed E-state index contributed by atoms with van der Waals surface area (Å²) < 4.78 is 0. The molecule has 8 heteroatoms. The fourth-order valence-corrected chi connectivity index (χ4v) is 4.17. The van der Waals surface area contributed by atoms with E-state index in [2.05, 4.69) is 15.3 Å². The minimum atomic E-state index is -0.399. The van der Waals surface area contributed by atoms with Crippen LogP contribution < -0.4 is 10.9 Å². The molecule has 3 rings (SSSR count). The molecule has 0 aliphatic rings. The van der Waals surface area contributed by atoms with Crippen LogP contribution in [-0.2, 0) is 17.6 Å². The van der Waals surface area contributed by atoms with Gasteiger partial charge in [0, 0.05) is 34.6 Å². The molecule has 0 unspecified atom stereocenters. The van der Waals surface area contributed by atoms with E-state index < -0.39 is 5.56 Å². The van der Waals surface area contributed by atoms with Crippen molar-refractivity contribution in [3.05, 3.63) is 78.7 Å². The zero-order valence-corrected chi connectivity index (χ0v) is 17.6. The predicted molar refractivity (Wildman–Crippen MR) is 115 cm³/mol. The van der Waals surface area contributed by atoms with Crippen LogP contribution in [0.1, 0.15) is 39.2 Å². The van der Waals surface area contributed by atoms with Crippen LogP contribution in [0.4, 0.5) is 5.13 Å². The van der Waals surface area contributed by atoms with Gasteiger partial charge >= 0.3 is 0 Å². The third kappa shape index (κ3) is 4.91. The molecule has 0 saturated heterocycles. The lowest BCUT2D eigenvalue weighted by molar-refractivity contribution is -0.116. The fraction of sp³-hybridized carbons (Fsp3) is 0.238. The molecule has 0 aliphatic carbocycles. The summed E-state index contributed by atoms with van der Waals surface area (Å²) in [5.41, 5.74) is 2.82. The van der Waals surface area contributed by atoms with E-state index in [0.717, 1.165) is 16.0 Å². The lowest BCUT2D eigenvalue weighted by Crippen LogP contribution is -2.18. The molecular weight excluding hydrogens is 408 g/mol. The minimum Gasteiger partial charge on any atom is -0.325 e. The van der Waals surface area contributed by atoms with E-state index in [0.29, 0.717) is 34.3 Å². The summed E-state index contributed by atoms with van der Waals surface area (Å²) in [5, 5.41) is 13.2. The summed E-state index contributed by atoms with van der Waals surface area (Å²) in [6, 6.07) is 9.55. The third-order valence-electron chi connectivity index (χ3n) is 4.64. The molecule has 1 aromatic carbocycles. The number of thiazole rings is 1. The summed E-state index contributed by atoms with van der Waals surface area (Å²) in [6.07, 6.45) is 3.03. The molecule has 0 aliphatic heterocycles. The normalized spacial score (nSPS) is 10.6. The summed E-state index contributed by atoms with van der Waals surface area (Å²) in [4.78, 5) is 32.1. The van der Waals surface area contributed by atoms with Gasteiger partial charge in [-0.2, -0.15) is 5.26 Å². The Bertz CT molecular complexity index is 1160. The van der Waals surface area contributed by atoms with Crippen molar-refractivity contribution in [3.63, 3.8) is 0 Å². The standard InChI is InChI=1S/C21H19ClN4O2S/c1-12-16(13(2)25-20(28)17(12)10-23)7-8-19(27)26-21-24-11-15(29-21)9-14-5-3-4-6-18(14)22/h3-6,11H,7-9H2,1-2H3,(H,25,28)(H,24,26,27). The molecule has 2 aromatic heterocycles. The van der Waals surface area contributed by atoms with Crippen LogP contribution in [0.5, 0.6) is 0 Å². The number of pyridine rings is 1. The highest BCUT2D eigenvalue weighted by Gasteiger charge is 2.14. The monoisotopic (exact) mass is 426 g/mol. The molecule has 0 saturated carbocycles. The number of carbonyl (C=O) groups is 1. The van der Waals surface area contributed by atoms with Crippen molar-refractivity contribution in [2.75, 3.05) is 5.32 Å². The van der Waals surface area contributed by atoms with Crippen LogP contribution in [0.25, 0.3) is 0 Å². The van der Waals surface area contributed by atoms with Crippen LogP contribution in [0, 0.1) is 25.2 Å². The van der Waals surface area contributed by atoms with Crippen molar-refractivity contribution in [2.24, 2.45) is 0 Å². The number of halogens is 1. The minimum absolute atomic E-state index is 0.0927. The van der Waals surface area contributed by atoms with Gasteiger partial charge in [-0.25, -0.2) is 4.98 Å². The largest absolute Gasteiger partial charge is 0.325 e. The number of benzene rings is 1. The van der Waals surface area contributed by atoms with E-state index in [-0.39, 0.29) is 17.9 Å². The third-order valence-corrected chi connectivity index (χ3v) is 5.93. The number of H-pyrrole nitrogens is 1. The Kier molecular flexibility index (Phi) is 6.47. The zero-order chi connectivity index (χ0) is 21.0. The number of anilines is 1. The number of aromatic nitrogens is 2. The smallest absolute Gasteiger partial charge is 0.266 e. The highest BCUT2D eigenvalue weighted by atomic mass is 35.5. The average Bonchev–Trinajstić information content (AvgIpc) is 3.10. The highest BCUT2D eigenvalue weighted by molar-refractivity contribution is 7.15. The van der Waals surface area contributed by atoms with Crippen LogP contribution >= 0.6 is 22.9 Å². The first-order chi connectivity index (χ1) is 13.9. The summed E-state index contributed by atoms with van der Waals surface area (Å²) in [5.74, 6) is -0.174. The molecule has 6 nitrogen and oxygen atoms in total. The number of aryl methyl sites for hydroxylation is 1. The van der Waals surface area contributed by atoms with Crippen LogP contribution in [0.3, 0.4) is 0 Å². The van der Waals surface area contributed by atoms with Gasteiger partial charge in [-0.05, 0) is 43.0 Å². The van der Waals surface area contributed by atoms with E-state index in [1.807, 2.05) is 30.3 Å². The molecule has 0 fully saturated rings. The van der Waals surface area contributed by atoms with Crippen molar-refractivity contribution in [3.8, 4) is 6.07 Å². The number of nitrogens with zero attached hydrogens (tertiary/aromatic N) is 2. The average molecular weight is 427 g/mol. The lowest BCUT2D eigenvalue weighted by atomic mass is 9.99. The van der Waals surface area contributed by atoms with Crippen LogP contribution in [0.2, 0.25) is 5.02 Å². The van der Waals surface area contributed by atoms with E-state index in [9.17, 15) is 9.59 Å². The Labute approximate surface area is 177 Å². The van der Waals surface area contributed by atoms with Crippen LogP contribution in [0.15, 0.2) is 35.3 Å². The second-order valence-corrected chi connectivity index (χ2v) is 8.14. The Morgan fingerprint density at radius 2 is 2.10 bits per heavy atom. The number of rotatable bonds is 6. The number of nitrogens with one attached hydrogen (secondary N) is 2. The predicted octanol–water partition coefficient (Wildman–Crippen LogP) is 4.14. The van der Waals surface area contributed by atoms with Crippen LogP contribution in [-0.4, -0.2) is 15.9 Å². The molecule has 3 aromatic rings. The maximum absolute atomic E-state index is 12.3.